The van der Waals surface area contributed by atoms with Crippen LogP contribution in [0, 0.1) is 0 Å². The number of nitrogens with one attached hydrogen (secondary N) is 3. The van der Waals surface area contributed by atoms with Crippen molar-refractivity contribution in [2.75, 3.05) is 13.1 Å². The number of nitrogens with zero attached hydrogens (tertiary/aromatic N) is 1. The smallest absolute Gasteiger partial charge is 0.326 e. The van der Waals surface area contributed by atoms with Crippen molar-refractivity contribution >= 4 is 29.7 Å². The highest BCUT2D eigenvalue weighted by Gasteiger charge is 2.29. The quantitative estimate of drug-likeness (QED) is 0.0348. The number of guanidine groups is 1. The highest BCUT2D eigenvalue weighted by Crippen LogP contribution is 2.13. The maximum absolute atomic E-state index is 13.6. The molecule has 1 aromatic rings. The first-order valence-corrected chi connectivity index (χ1v) is 18.6. The molecular weight excluding hydrogens is 622 g/mol. The Kier molecular flexibility index (Phi) is 24.9. The molecule has 3 amide bonds. The summed E-state index contributed by atoms with van der Waals surface area (Å²) in [5, 5.41) is 17.9. The number of aliphatic carboxylic acids is 1. The first kappa shape index (κ1) is 43.4. The normalized spacial score (nSPS) is 12.8. The zero-order chi connectivity index (χ0) is 36.1. The molecule has 12 nitrogen and oxygen atoms in total. The molecule has 0 unspecified atom stereocenters. The van der Waals surface area contributed by atoms with Crippen LogP contribution in [0.15, 0.2) is 35.3 Å². The summed E-state index contributed by atoms with van der Waals surface area (Å²) in [6.45, 7) is 2.93. The maximum Gasteiger partial charge on any atom is 0.326 e. The molecule has 3 atom stereocenters. The second-order valence-corrected chi connectivity index (χ2v) is 13.0. The molecule has 0 fully saturated rings. The molecule has 49 heavy (non-hydrogen) atoms. The molecule has 0 bridgehead atoms. The third-order valence-electron chi connectivity index (χ3n) is 8.58. The minimum absolute atomic E-state index is 0.0634. The van der Waals surface area contributed by atoms with E-state index in [1.807, 2.05) is 30.3 Å². The lowest BCUT2D eigenvalue weighted by atomic mass is 10.0. The van der Waals surface area contributed by atoms with Gasteiger partial charge in [-0.15, -0.1) is 0 Å². The summed E-state index contributed by atoms with van der Waals surface area (Å²) in [5.74, 6) is -2.61. The van der Waals surface area contributed by atoms with Crippen LogP contribution < -0.4 is 33.2 Å². The van der Waals surface area contributed by atoms with Gasteiger partial charge in [0.1, 0.15) is 18.1 Å². The van der Waals surface area contributed by atoms with Crippen LogP contribution in [0.4, 0.5) is 0 Å². The van der Waals surface area contributed by atoms with Crippen LogP contribution in [0.3, 0.4) is 0 Å². The Bertz CT molecular complexity index is 1080. The van der Waals surface area contributed by atoms with Crippen molar-refractivity contribution < 1.29 is 24.3 Å². The van der Waals surface area contributed by atoms with Crippen molar-refractivity contribution in [2.45, 2.75) is 153 Å². The van der Waals surface area contributed by atoms with E-state index in [1.54, 1.807) is 0 Å². The highest BCUT2D eigenvalue weighted by molar-refractivity contribution is 5.93. The Labute approximate surface area is 294 Å². The predicted octanol–water partition coefficient (Wildman–Crippen LogP) is 4.43. The van der Waals surface area contributed by atoms with Gasteiger partial charge in [0.15, 0.2) is 5.96 Å². The van der Waals surface area contributed by atoms with Crippen LogP contribution in [0.1, 0.15) is 134 Å². The molecule has 0 spiro atoms. The number of carboxylic acid groups (broad SMARTS) is 1. The van der Waals surface area contributed by atoms with Crippen LogP contribution in [0.25, 0.3) is 0 Å². The molecule has 0 aromatic heterocycles. The Balaban J connectivity index is 2.75. The summed E-state index contributed by atoms with van der Waals surface area (Å²) in [5.41, 5.74) is 17.2. The van der Waals surface area contributed by atoms with E-state index < -0.39 is 35.9 Å². The van der Waals surface area contributed by atoms with Crippen molar-refractivity contribution in [1.29, 1.82) is 0 Å². The second kappa shape index (κ2) is 28.2. The first-order valence-electron chi connectivity index (χ1n) is 18.6. The van der Waals surface area contributed by atoms with Crippen molar-refractivity contribution in [1.82, 2.24) is 16.0 Å². The molecule has 0 saturated carbocycles. The van der Waals surface area contributed by atoms with E-state index in [-0.39, 0.29) is 37.7 Å². The summed E-state index contributed by atoms with van der Waals surface area (Å²) >= 11 is 0. The molecule has 0 aliphatic rings. The number of unbranched alkanes of at least 4 members (excludes halogenated alkanes) is 13. The molecule has 10 N–H and O–H groups in total. The number of rotatable bonds is 30. The van der Waals surface area contributed by atoms with Crippen LogP contribution in [-0.4, -0.2) is 66.0 Å². The lowest BCUT2D eigenvalue weighted by Gasteiger charge is -2.25. The van der Waals surface area contributed by atoms with Gasteiger partial charge >= 0.3 is 5.97 Å². The van der Waals surface area contributed by atoms with E-state index in [9.17, 15) is 24.3 Å². The van der Waals surface area contributed by atoms with E-state index in [1.165, 1.54) is 57.8 Å². The van der Waals surface area contributed by atoms with Crippen molar-refractivity contribution in [2.24, 2.45) is 22.2 Å². The van der Waals surface area contributed by atoms with Crippen molar-refractivity contribution in [3.63, 3.8) is 0 Å². The van der Waals surface area contributed by atoms with Crippen LogP contribution in [0.5, 0.6) is 0 Å². The molecule has 12 heteroatoms. The number of hydrogen-bond donors (Lipinski definition) is 7. The Hall–Kier alpha value is -3.67. The van der Waals surface area contributed by atoms with E-state index in [0.29, 0.717) is 32.2 Å². The number of amides is 3. The lowest BCUT2D eigenvalue weighted by Crippen LogP contribution is -2.56. The highest BCUT2D eigenvalue weighted by atomic mass is 16.4. The summed E-state index contributed by atoms with van der Waals surface area (Å²) in [6, 6.07) is 6.03. The van der Waals surface area contributed by atoms with Crippen LogP contribution in [-0.2, 0) is 25.6 Å². The summed E-state index contributed by atoms with van der Waals surface area (Å²) in [7, 11) is 0. The number of hydrogen-bond acceptors (Lipinski definition) is 6. The van der Waals surface area contributed by atoms with Gasteiger partial charge in [-0.2, -0.15) is 0 Å². The van der Waals surface area contributed by atoms with Gasteiger partial charge < -0.3 is 38.3 Å². The third-order valence-corrected chi connectivity index (χ3v) is 8.58. The van der Waals surface area contributed by atoms with Gasteiger partial charge in [-0.3, -0.25) is 19.4 Å². The largest absolute Gasteiger partial charge is 0.480 e. The number of benzene rings is 1. The molecule has 0 saturated heterocycles. The number of carboxylic acids is 1. The van der Waals surface area contributed by atoms with Crippen LogP contribution >= 0.6 is 0 Å². The first-order chi connectivity index (χ1) is 23.7. The number of carbonyl (C=O) groups is 4. The van der Waals surface area contributed by atoms with Gasteiger partial charge in [0.25, 0.3) is 0 Å². The second-order valence-electron chi connectivity index (χ2n) is 13.0. The minimum Gasteiger partial charge on any atom is -0.480 e. The maximum atomic E-state index is 13.6. The fourth-order valence-electron chi connectivity index (χ4n) is 5.70. The fraction of sp³-hybridized carbons (Fsp3) is 0.703. The van der Waals surface area contributed by atoms with Gasteiger partial charge in [0.05, 0.1) is 0 Å². The SMILES string of the molecule is CCCCCCCCCCCCCCCC(=O)N[C@@H](CCCN=C(N)N)C(=O)N[C@@H](Cc1ccccc1)C(=O)N[C@@H](CCCCN)C(=O)O. The van der Waals surface area contributed by atoms with Crippen LogP contribution in [0.2, 0.25) is 0 Å². The summed E-state index contributed by atoms with van der Waals surface area (Å²) in [4.78, 5) is 55.8. The van der Waals surface area contributed by atoms with Gasteiger partial charge in [-0.1, -0.05) is 114 Å². The molecule has 0 radical (unpaired) electrons. The molecule has 278 valence electrons. The van der Waals surface area contributed by atoms with Gasteiger partial charge in [0.2, 0.25) is 17.7 Å². The molecule has 1 aromatic carbocycles. The number of carbonyl (C=O) groups excluding carboxylic acids is 3. The van der Waals surface area contributed by atoms with Gasteiger partial charge in [-0.05, 0) is 50.6 Å². The predicted molar refractivity (Wildman–Crippen MR) is 197 cm³/mol. The molecule has 0 aliphatic heterocycles. The van der Waals surface area contributed by atoms with Gasteiger partial charge in [0, 0.05) is 19.4 Å². The van der Waals surface area contributed by atoms with Crippen molar-refractivity contribution in [3.05, 3.63) is 35.9 Å². The average Bonchev–Trinajstić information content (AvgIpc) is 3.07. The fourth-order valence-corrected chi connectivity index (χ4v) is 5.70. The van der Waals surface area contributed by atoms with E-state index >= 15 is 0 Å². The standard InChI is InChI=1S/C37H65N7O5/c1-2-3-4-5-6-7-8-9-10-11-12-13-17-25-33(45)42-30(24-20-27-41-37(39)40)34(46)44-32(28-29-21-15-14-16-22-29)35(47)43-31(36(48)49)23-18-19-26-38/h14-16,21-22,30-32H,2-13,17-20,23-28,38H2,1H3,(H,42,45)(H,43,47)(H,44,46)(H,48,49)(H4,39,40,41)/t30-,31-,32-/m0/s1. The zero-order valence-electron chi connectivity index (χ0n) is 29.9. The third kappa shape index (κ3) is 22.6. The summed E-state index contributed by atoms with van der Waals surface area (Å²) in [6.07, 6.45) is 18.2. The Morgan fingerprint density at radius 2 is 1.20 bits per heavy atom. The molecule has 1 rings (SSSR count). The summed E-state index contributed by atoms with van der Waals surface area (Å²) < 4.78 is 0. The van der Waals surface area contributed by atoms with E-state index in [4.69, 9.17) is 17.2 Å². The van der Waals surface area contributed by atoms with Gasteiger partial charge in [-0.25, -0.2) is 4.79 Å². The molecule has 0 heterocycles. The average molecular weight is 688 g/mol. The Morgan fingerprint density at radius 3 is 1.76 bits per heavy atom. The molecule has 0 aliphatic carbocycles. The van der Waals surface area contributed by atoms with Crippen molar-refractivity contribution in [3.8, 4) is 0 Å². The van der Waals surface area contributed by atoms with E-state index in [2.05, 4.69) is 27.9 Å². The topological polar surface area (TPSA) is 215 Å². The number of aliphatic imine (C=N–C) groups is 1. The minimum atomic E-state index is -1.16. The lowest BCUT2D eigenvalue weighted by molar-refractivity contribution is -0.142. The zero-order valence-corrected chi connectivity index (χ0v) is 29.9. The number of nitrogens with two attached hydrogens (primary N) is 3. The molecular formula is C37H65N7O5. The van der Waals surface area contributed by atoms with E-state index in [0.717, 1.165) is 31.2 Å². The monoisotopic (exact) mass is 688 g/mol. The Morgan fingerprint density at radius 1 is 0.673 bits per heavy atom.